The van der Waals surface area contributed by atoms with Gasteiger partial charge >= 0.3 is 0 Å². The Morgan fingerprint density at radius 3 is 2.20 bits per heavy atom. The first-order valence-corrected chi connectivity index (χ1v) is 3.19. The van der Waals surface area contributed by atoms with E-state index in [2.05, 4.69) is 18.6 Å². The van der Waals surface area contributed by atoms with Crippen LogP contribution in [0.3, 0.4) is 0 Å². The third kappa shape index (κ3) is 4.70. The Bertz CT molecular complexity index is 18.9. The zero-order valence-electron chi connectivity index (χ0n) is 3.10. The van der Waals surface area contributed by atoms with E-state index >= 15 is 0 Å². The summed E-state index contributed by atoms with van der Waals surface area (Å²) in [6.45, 7) is 5.59. The molecule has 0 fully saturated rings. The molecule has 0 N–H and O–H groups in total. The van der Waals surface area contributed by atoms with Gasteiger partial charge in [0.1, 0.15) is 0 Å². The molecule has 0 aromatic heterocycles. The molecule has 0 nitrogen and oxygen atoms in total. The molecule has 0 aliphatic carbocycles. The predicted octanol–water partition coefficient (Wildman–Crippen LogP) is 2.05. The molecule has 0 aromatic carbocycles. The minimum atomic E-state index is 0.366. The second-order valence-electron chi connectivity index (χ2n) is 0.907. The van der Waals surface area contributed by atoms with Crippen LogP contribution in [-0.4, -0.2) is 5.25 Å². The van der Waals surface area contributed by atoms with Crippen molar-refractivity contribution in [1.82, 2.24) is 0 Å². The summed E-state index contributed by atoms with van der Waals surface area (Å²) < 4.78 is 0. The minimum absolute atomic E-state index is 0.366. The monoisotopic (exact) mass is 106 g/mol. The van der Waals surface area contributed by atoms with E-state index in [0.717, 1.165) is 0 Å². The molecular weight excluding hydrogens is 100 g/mol. The van der Waals surface area contributed by atoms with E-state index in [1.807, 2.05) is 6.92 Å². The first-order chi connectivity index (χ1) is 2.27. The molecule has 0 heterocycles. The molecule has 1 unspecified atom stereocenters. The highest BCUT2D eigenvalue weighted by Gasteiger charge is 1.82. The van der Waals surface area contributed by atoms with Crippen molar-refractivity contribution in [1.29, 1.82) is 0 Å². The zero-order chi connectivity index (χ0) is 4.28. The maximum Gasteiger partial charge on any atom is 0.0132 e. The van der Waals surface area contributed by atoms with Crippen LogP contribution in [0.4, 0.5) is 0 Å². The van der Waals surface area contributed by atoms with E-state index in [0.29, 0.717) is 5.25 Å². The fourth-order valence-corrected chi connectivity index (χ4v) is 0. The lowest BCUT2D eigenvalue weighted by atomic mass is 10.6. The second kappa shape index (κ2) is 2.91. The third-order valence-corrected chi connectivity index (χ3v) is 1.48. The smallest absolute Gasteiger partial charge is 0.0132 e. The summed E-state index contributed by atoms with van der Waals surface area (Å²) in [7, 11) is 1.35. The molecule has 0 rings (SSSR count). The second-order valence-corrected chi connectivity index (χ2v) is 2.48. The maximum atomic E-state index is 4.53. The highest BCUT2D eigenvalue weighted by atomic mass is 33.1. The van der Waals surface area contributed by atoms with Crippen LogP contribution in [0.15, 0.2) is 0 Å². The molecule has 1 atom stereocenters. The average molecular weight is 106 g/mol. The Balaban J connectivity index is 2.54. The molecule has 0 spiro atoms. The van der Waals surface area contributed by atoms with Gasteiger partial charge in [-0.1, -0.05) is 17.7 Å². The minimum Gasteiger partial charge on any atom is -0.0786 e. The Morgan fingerprint density at radius 1 is 2.00 bits per heavy atom. The highest BCUT2D eigenvalue weighted by Crippen LogP contribution is 2.10. The van der Waals surface area contributed by atoms with Gasteiger partial charge in [-0.3, -0.25) is 0 Å². The number of hydrogen-bond acceptors (Lipinski definition) is 1. The lowest BCUT2D eigenvalue weighted by Gasteiger charge is -1.87. The van der Waals surface area contributed by atoms with E-state index in [9.17, 15) is 0 Å². The standard InChI is InChI=1S/C3H6S2/c1-3(2)5-4/h3H,1H2,2H3. The van der Waals surface area contributed by atoms with Crippen LogP contribution in [0.2, 0.25) is 0 Å². The third-order valence-electron chi connectivity index (χ3n) is 0.164. The first-order valence-electron chi connectivity index (χ1n) is 1.39. The summed E-state index contributed by atoms with van der Waals surface area (Å²) in [5, 5.41) is 0.366. The van der Waals surface area contributed by atoms with Gasteiger partial charge in [0.25, 0.3) is 0 Å². The fourth-order valence-electron chi connectivity index (χ4n) is 0. The Labute approximate surface area is 42.1 Å². The molecule has 0 amide bonds. The molecule has 0 saturated heterocycles. The number of hydrogen-bond donors (Lipinski definition) is 0. The molecule has 0 bridgehead atoms. The van der Waals surface area contributed by atoms with Crippen molar-refractivity contribution in [3.8, 4) is 0 Å². The molecule has 2 radical (unpaired) electrons. The largest absolute Gasteiger partial charge is 0.0786 e. The van der Waals surface area contributed by atoms with Gasteiger partial charge < -0.3 is 0 Å². The van der Waals surface area contributed by atoms with E-state index in [1.54, 1.807) is 0 Å². The summed E-state index contributed by atoms with van der Waals surface area (Å²) in [4.78, 5) is 0. The van der Waals surface area contributed by atoms with Crippen molar-refractivity contribution < 1.29 is 0 Å². The van der Waals surface area contributed by atoms with Crippen LogP contribution in [0.25, 0.3) is 0 Å². The van der Waals surface area contributed by atoms with Gasteiger partial charge in [-0.15, -0.1) is 0 Å². The normalized spacial score (nSPS) is 9.60. The van der Waals surface area contributed by atoms with Crippen LogP contribution >= 0.6 is 22.5 Å². The van der Waals surface area contributed by atoms with Crippen molar-refractivity contribution in [2.75, 3.05) is 0 Å². The van der Waals surface area contributed by atoms with Crippen LogP contribution in [0.5, 0.6) is 0 Å². The molecular formula is C3H6S2. The lowest BCUT2D eigenvalue weighted by molar-refractivity contribution is 1.26. The van der Waals surface area contributed by atoms with Gasteiger partial charge in [-0.2, -0.15) is 0 Å². The van der Waals surface area contributed by atoms with Crippen molar-refractivity contribution in [3.63, 3.8) is 0 Å². The van der Waals surface area contributed by atoms with Crippen molar-refractivity contribution in [2.45, 2.75) is 12.2 Å². The van der Waals surface area contributed by atoms with Crippen LogP contribution in [-0.2, 0) is 0 Å². The molecule has 0 aliphatic rings. The van der Waals surface area contributed by atoms with E-state index in [-0.39, 0.29) is 0 Å². The zero-order valence-corrected chi connectivity index (χ0v) is 4.73. The van der Waals surface area contributed by atoms with Crippen molar-refractivity contribution >= 4 is 22.5 Å². The molecule has 0 aromatic rings. The van der Waals surface area contributed by atoms with Gasteiger partial charge in [0.2, 0.25) is 0 Å². The van der Waals surface area contributed by atoms with Crippen LogP contribution in [0.1, 0.15) is 6.92 Å². The first kappa shape index (κ1) is 5.70. The highest BCUT2D eigenvalue weighted by molar-refractivity contribution is 8.68. The molecule has 0 aliphatic heterocycles. The Kier molecular flexibility index (Phi) is 3.32. The van der Waals surface area contributed by atoms with Gasteiger partial charge in [-0.05, 0) is 18.6 Å². The molecule has 0 saturated carbocycles. The van der Waals surface area contributed by atoms with Gasteiger partial charge in [-0.25, -0.2) is 0 Å². The summed E-state index contributed by atoms with van der Waals surface area (Å²) >= 11 is 4.53. The van der Waals surface area contributed by atoms with E-state index in [1.165, 1.54) is 10.8 Å². The average Bonchev–Trinajstić information content (AvgIpc) is 1.38. The summed E-state index contributed by atoms with van der Waals surface area (Å²) in [6.07, 6.45) is 0. The molecule has 2 heteroatoms. The van der Waals surface area contributed by atoms with E-state index < -0.39 is 0 Å². The summed E-state index contributed by atoms with van der Waals surface area (Å²) in [6, 6.07) is 0. The van der Waals surface area contributed by atoms with Gasteiger partial charge in [0.05, 0.1) is 0 Å². The quantitative estimate of drug-likeness (QED) is 0.461. The summed E-state index contributed by atoms with van der Waals surface area (Å²) in [5.74, 6) is 0. The SMILES string of the molecule is [CH2]C(C)S[S]. The maximum absolute atomic E-state index is 4.53. The van der Waals surface area contributed by atoms with Gasteiger partial charge in [0.15, 0.2) is 0 Å². The number of rotatable bonds is 1. The molecule has 5 heavy (non-hydrogen) atoms. The Hall–Kier alpha value is 0.700. The molecule has 30 valence electrons. The van der Waals surface area contributed by atoms with Crippen molar-refractivity contribution in [3.05, 3.63) is 6.92 Å². The summed E-state index contributed by atoms with van der Waals surface area (Å²) in [5.41, 5.74) is 0. The van der Waals surface area contributed by atoms with Gasteiger partial charge in [0, 0.05) is 5.25 Å². The Morgan fingerprint density at radius 2 is 2.20 bits per heavy atom. The van der Waals surface area contributed by atoms with Crippen molar-refractivity contribution in [2.24, 2.45) is 0 Å². The predicted molar refractivity (Wildman–Crippen MR) is 30.0 cm³/mol. The van der Waals surface area contributed by atoms with Crippen LogP contribution in [0, 0.1) is 6.92 Å². The fraction of sp³-hybridized carbons (Fsp3) is 0.667. The topological polar surface area (TPSA) is 0 Å². The van der Waals surface area contributed by atoms with Crippen LogP contribution < -0.4 is 0 Å². The lowest BCUT2D eigenvalue weighted by Crippen LogP contribution is -1.77. The van der Waals surface area contributed by atoms with E-state index in [4.69, 9.17) is 0 Å².